The molecule has 116 valence electrons. The zero-order valence-electron chi connectivity index (χ0n) is 12.3. The number of benzene rings is 1. The van der Waals surface area contributed by atoms with Gasteiger partial charge in [-0.25, -0.2) is 0 Å². The van der Waals surface area contributed by atoms with Crippen LogP contribution in [0.2, 0.25) is 0 Å². The van der Waals surface area contributed by atoms with Gasteiger partial charge in [0.25, 0.3) is 5.91 Å². The van der Waals surface area contributed by atoms with E-state index in [2.05, 4.69) is 15.7 Å². The van der Waals surface area contributed by atoms with Gasteiger partial charge in [0, 0.05) is 24.5 Å². The van der Waals surface area contributed by atoms with E-state index in [4.69, 9.17) is 22.7 Å². The van der Waals surface area contributed by atoms with Gasteiger partial charge >= 0.3 is 0 Å². The number of nitrogens with one attached hydrogen (secondary N) is 2. The van der Waals surface area contributed by atoms with E-state index in [-0.39, 0.29) is 5.69 Å². The second-order valence-corrected chi connectivity index (χ2v) is 4.83. The monoisotopic (exact) mass is 319 g/mol. The number of hydrogen-bond acceptors (Lipinski definition) is 4. The van der Waals surface area contributed by atoms with Crippen molar-refractivity contribution in [1.82, 2.24) is 9.78 Å². The first kappa shape index (κ1) is 15.8. The molecular formula is C14H17N5O2S. The lowest BCUT2D eigenvalue weighted by atomic mass is 10.3. The first-order chi connectivity index (χ1) is 10.5. The number of nitrogens with two attached hydrogens (primary N) is 1. The summed E-state index contributed by atoms with van der Waals surface area (Å²) in [6.45, 7) is 2.53. The number of carbonyl (C=O) groups is 1. The fourth-order valence-corrected chi connectivity index (χ4v) is 2.07. The Kier molecular flexibility index (Phi) is 4.95. The van der Waals surface area contributed by atoms with Crippen LogP contribution in [0.25, 0.3) is 0 Å². The first-order valence-electron chi connectivity index (χ1n) is 6.62. The lowest BCUT2D eigenvalue weighted by molar-refractivity contribution is 0.0995. The summed E-state index contributed by atoms with van der Waals surface area (Å²) in [4.78, 5) is 11.4. The van der Waals surface area contributed by atoms with Crippen molar-refractivity contribution < 1.29 is 9.53 Å². The Balaban J connectivity index is 2.11. The van der Waals surface area contributed by atoms with Crippen LogP contribution in [0.15, 0.2) is 30.5 Å². The molecule has 2 aromatic rings. The smallest absolute Gasteiger partial charge is 0.271 e. The molecule has 1 amide bonds. The maximum absolute atomic E-state index is 11.4. The molecule has 0 aliphatic carbocycles. The zero-order valence-corrected chi connectivity index (χ0v) is 13.1. The van der Waals surface area contributed by atoms with E-state index in [1.165, 1.54) is 0 Å². The standard InChI is InChI=1S/C14H17N5O2S/c1-3-19-8-11(12(18-19)13(15)20)17-14(22)16-9-5-4-6-10(7-9)21-2/h4-8H,3H2,1-2H3,(H2,15,20)(H2,16,17,22). The Hall–Kier alpha value is -2.61. The molecule has 4 N–H and O–H groups in total. The highest BCUT2D eigenvalue weighted by Crippen LogP contribution is 2.18. The van der Waals surface area contributed by atoms with Gasteiger partial charge in [0.2, 0.25) is 0 Å². The maximum atomic E-state index is 11.4. The molecule has 0 unspecified atom stereocenters. The number of nitrogens with zero attached hydrogens (tertiary/aromatic N) is 2. The van der Waals surface area contributed by atoms with Gasteiger partial charge in [0.05, 0.1) is 12.8 Å². The molecule has 0 bridgehead atoms. The van der Waals surface area contributed by atoms with Gasteiger partial charge < -0.3 is 21.1 Å². The molecule has 0 saturated carbocycles. The van der Waals surface area contributed by atoms with E-state index in [9.17, 15) is 4.79 Å². The molecule has 7 nitrogen and oxygen atoms in total. The van der Waals surface area contributed by atoms with Crippen LogP contribution in [-0.2, 0) is 6.54 Å². The highest BCUT2D eigenvalue weighted by atomic mass is 32.1. The fourth-order valence-electron chi connectivity index (χ4n) is 1.84. The van der Waals surface area contributed by atoms with Crippen molar-refractivity contribution in [3.8, 4) is 5.75 Å². The van der Waals surface area contributed by atoms with Crippen LogP contribution in [0, 0.1) is 0 Å². The van der Waals surface area contributed by atoms with Gasteiger partial charge in [-0.1, -0.05) is 6.07 Å². The van der Waals surface area contributed by atoms with Crippen molar-refractivity contribution in [3.63, 3.8) is 0 Å². The molecule has 0 spiro atoms. The van der Waals surface area contributed by atoms with Gasteiger partial charge in [0.15, 0.2) is 10.8 Å². The van der Waals surface area contributed by atoms with Crippen LogP contribution >= 0.6 is 12.2 Å². The van der Waals surface area contributed by atoms with E-state index >= 15 is 0 Å². The SMILES string of the molecule is CCn1cc(NC(=S)Nc2cccc(OC)c2)c(C(N)=O)n1. The first-order valence-corrected chi connectivity index (χ1v) is 7.03. The number of aryl methyl sites for hydroxylation is 1. The molecule has 2 rings (SSSR count). The molecule has 0 saturated heterocycles. The molecule has 22 heavy (non-hydrogen) atoms. The van der Waals surface area contributed by atoms with Crippen molar-refractivity contribution in [3.05, 3.63) is 36.2 Å². The minimum Gasteiger partial charge on any atom is -0.497 e. The summed E-state index contributed by atoms with van der Waals surface area (Å²) in [6, 6.07) is 7.32. The predicted octanol–water partition coefficient (Wildman–Crippen LogP) is 1.82. The summed E-state index contributed by atoms with van der Waals surface area (Å²) in [5.41, 5.74) is 6.70. The normalized spacial score (nSPS) is 10.1. The minimum absolute atomic E-state index is 0.150. The Morgan fingerprint density at radius 1 is 1.45 bits per heavy atom. The van der Waals surface area contributed by atoms with Crippen molar-refractivity contribution in [2.45, 2.75) is 13.5 Å². The summed E-state index contributed by atoms with van der Waals surface area (Å²) >= 11 is 5.24. The van der Waals surface area contributed by atoms with Crippen LogP contribution in [0.4, 0.5) is 11.4 Å². The molecule has 0 aliphatic rings. The van der Waals surface area contributed by atoms with Crippen LogP contribution in [-0.4, -0.2) is 27.9 Å². The summed E-state index contributed by atoms with van der Waals surface area (Å²) in [6.07, 6.45) is 1.68. The third-order valence-electron chi connectivity index (χ3n) is 2.89. The summed E-state index contributed by atoms with van der Waals surface area (Å²) < 4.78 is 6.75. The summed E-state index contributed by atoms with van der Waals surface area (Å²) in [5, 5.41) is 10.4. The number of hydrogen-bond donors (Lipinski definition) is 3. The summed E-state index contributed by atoms with van der Waals surface area (Å²) in [5.74, 6) is 0.100. The highest BCUT2D eigenvalue weighted by molar-refractivity contribution is 7.80. The minimum atomic E-state index is -0.612. The highest BCUT2D eigenvalue weighted by Gasteiger charge is 2.14. The van der Waals surface area contributed by atoms with E-state index in [1.807, 2.05) is 25.1 Å². The molecule has 1 aromatic heterocycles. The third-order valence-corrected chi connectivity index (χ3v) is 3.10. The molecule has 0 atom stereocenters. The second kappa shape index (κ2) is 6.90. The number of carbonyl (C=O) groups excluding carboxylic acids is 1. The Labute approximate surface area is 133 Å². The van der Waals surface area contributed by atoms with Crippen LogP contribution < -0.4 is 21.1 Å². The van der Waals surface area contributed by atoms with Gasteiger partial charge in [-0.2, -0.15) is 5.10 Å². The van der Waals surface area contributed by atoms with E-state index in [0.29, 0.717) is 23.1 Å². The maximum Gasteiger partial charge on any atom is 0.271 e. The van der Waals surface area contributed by atoms with Gasteiger partial charge in [-0.3, -0.25) is 9.48 Å². The van der Waals surface area contributed by atoms with Gasteiger partial charge in [-0.05, 0) is 31.3 Å². The number of amides is 1. The number of anilines is 2. The van der Waals surface area contributed by atoms with E-state index < -0.39 is 5.91 Å². The number of aromatic nitrogens is 2. The Morgan fingerprint density at radius 3 is 2.86 bits per heavy atom. The lowest BCUT2D eigenvalue weighted by Gasteiger charge is -2.10. The topological polar surface area (TPSA) is 94.2 Å². The molecule has 0 fully saturated rings. The fraction of sp³-hybridized carbons (Fsp3) is 0.214. The van der Waals surface area contributed by atoms with Crippen molar-refractivity contribution in [1.29, 1.82) is 0 Å². The lowest BCUT2D eigenvalue weighted by Crippen LogP contribution is -2.21. The van der Waals surface area contributed by atoms with Crippen LogP contribution in [0.1, 0.15) is 17.4 Å². The largest absolute Gasteiger partial charge is 0.497 e. The average Bonchev–Trinajstić information content (AvgIpc) is 2.90. The molecule has 8 heteroatoms. The van der Waals surface area contributed by atoms with Crippen LogP contribution in [0.5, 0.6) is 5.75 Å². The Morgan fingerprint density at radius 2 is 2.23 bits per heavy atom. The molecular weight excluding hydrogens is 302 g/mol. The second-order valence-electron chi connectivity index (χ2n) is 4.42. The zero-order chi connectivity index (χ0) is 16.1. The number of ether oxygens (including phenoxy) is 1. The van der Waals surface area contributed by atoms with Crippen molar-refractivity contribution >= 4 is 34.6 Å². The third kappa shape index (κ3) is 3.73. The Bertz CT molecular complexity index is 698. The number of rotatable bonds is 5. The molecule has 0 radical (unpaired) electrons. The quantitative estimate of drug-likeness (QED) is 0.728. The van der Waals surface area contributed by atoms with E-state index in [0.717, 1.165) is 5.69 Å². The predicted molar refractivity (Wildman–Crippen MR) is 89.3 cm³/mol. The summed E-state index contributed by atoms with van der Waals surface area (Å²) in [7, 11) is 1.59. The number of primary amides is 1. The molecule has 1 aromatic carbocycles. The average molecular weight is 319 g/mol. The molecule has 1 heterocycles. The van der Waals surface area contributed by atoms with Gasteiger partial charge in [-0.15, -0.1) is 0 Å². The van der Waals surface area contributed by atoms with E-state index in [1.54, 1.807) is 24.1 Å². The van der Waals surface area contributed by atoms with Gasteiger partial charge in [0.1, 0.15) is 5.75 Å². The number of thiocarbonyl (C=S) groups is 1. The van der Waals surface area contributed by atoms with Crippen molar-refractivity contribution in [2.24, 2.45) is 5.73 Å². The van der Waals surface area contributed by atoms with Crippen molar-refractivity contribution in [2.75, 3.05) is 17.7 Å². The number of methoxy groups -OCH3 is 1. The molecule has 0 aliphatic heterocycles. The van der Waals surface area contributed by atoms with Crippen LogP contribution in [0.3, 0.4) is 0 Å².